The second kappa shape index (κ2) is 6.96. The van der Waals surface area contributed by atoms with Crippen LogP contribution in [0.25, 0.3) is 16.6 Å². The molecule has 0 aliphatic heterocycles. The Hall–Kier alpha value is -3.63. The second-order valence-corrected chi connectivity index (χ2v) is 6.75. The van der Waals surface area contributed by atoms with Gasteiger partial charge in [-0.3, -0.25) is 18.6 Å². The van der Waals surface area contributed by atoms with Crippen LogP contribution in [0.4, 0.5) is 26.3 Å². The molecule has 4 aromatic rings. The highest BCUT2D eigenvalue weighted by atomic mass is 19.4. The summed E-state index contributed by atoms with van der Waals surface area (Å²) in [7, 11) is 0. The summed E-state index contributed by atoms with van der Waals surface area (Å²) in [6.07, 6.45) is -7.53. The van der Waals surface area contributed by atoms with E-state index in [1.54, 1.807) is 18.2 Å². The number of ketones is 1. The number of fused-ring (bicyclic) bond motifs is 3. The zero-order valence-electron chi connectivity index (χ0n) is 15.3. The van der Waals surface area contributed by atoms with Gasteiger partial charge in [0.2, 0.25) is 0 Å². The van der Waals surface area contributed by atoms with Crippen molar-refractivity contribution in [1.29, 1.82) is 0 Å². The van der Waals surface area contributed by atoms with Gasteiger partial charge in [-0.2, -0.15) is 26.3 Å². The first kappa shape index (κ1) is 20.6. The Kier molecular flexibility index (Phi) is 4.64. The third-order valence-corrected chi connectivity index (χ3v) is 4.75. The summed E-state index contributed by atoms with van der Waals surface area (Å²) in [4.78, 5) is 29.5. The number of carbonyl (C=O) groups excluding carboxylic acids is 1. The number of halogens is 6. The van der Waals surface area contributed by atoms with Crippen molar-refractivity contribution in [3.8, 4) is 0 Å². The van der Waals surface area contributed by atoms with Crippen molar-refractivity contribution >= 4 is 22.3 Å². The normalized spacial score (nSPS) is 12.6. The van der Waals surface area contributed by atoms with Gasteiger partial charge in [0.25, 0.3) is 5.56 Å². The number of rotatable bonds is 3. The lowest BCUT2D eigenvalue weighted by molar-refractivity contribution is -0.143. The van der Waals surface area contributed by atoms with Crippen molar-refractivity contribution in [3.63, 3.8) is 0 Å². The molecule has 160 valence electrons. The van der Waals surface area contributed by atoms with E-state index >= 15 is 0 Å². The first-order valence-electron chi connectivity index (χ1n) is 8.73. The van der Waals surface area contributed by atoms with Crippen molar-refractivity contribution in [2.24, 2.45) is 0 Å². The highest BCUT2D eigenvalue weighted by molar-refractivity contribution is 5.97. The molecule has 0 fully saturated rings. The Morgan fingerprint density at radius 2 is 1.55 bits per heavy atom. The van der Waals surface area contributed by atoms with Gasteiger partial charge in [0.1, 0.15) is 12.0 Å². The predicted octanol–water partition coefficient (Wildman–Crippen LogP) is 4.57. The molecule has 2 aromatic heterocycles. The maximum Gasteiger partial charge on any atom is 0.416 e. The van der Waals surface area contributed by atoms with Crippen molar-refractivity contribution in [3.05, 3.63) is 82.0 Å². The van der Waals surface area contributed by atoms with Crippen LogP contribution in [0, 0.1) is 0 Å². The fraction of sp³-hybridized carbons (Fsp3) is 0.150. The van der Waals surface area contributed by atoms with Crippen LogP contribution in [0.1, 0.15) is 21.5 Å². The van der Waals surface area contributed by atoms with Gasteiger partial charge in [-0.15, -0.1) is 0 Å². The van der Waals surface area contributed by atoms with Gasteiger partial charge in [0.15, 0.2) is 5.78 Å². The zero-order chi connectivity index (χ0) is 22.6. The molecule has 11 heteroatoms. The van der Waals surface area contributed by atoms with Crippen LogP contribution in [0.3, 0.4) is 0 Å². The number of nitrogens with zero attached hydrogens (tertiary/aromatic N) is 3. The number of para-hydroxylation sites is 1. The van der Waals surface area contributed by atoms with E-state index in [1.165, 1.54) is 23.0 Å². The third-order valence-electron chi connectivity index (χ3n) is 4.75. The van der Waals surface area contributed by atoms with E-state index in [1.807, 2.05) is 0 Å². The molecular weight excluding hydrogens is 428 g/mol. The maximum atomic E-state index is 13.1. The van der Waals surface area contributed by atoms with Crippen molar-refractivity contribution < 1.29 is 31.1 Å². The van der Waals surface area contributed by atoms with Gasteiger partial charge < -0.3 is 0 Å². The van der Waals surface area contributed by atoms with Gasteiger partial charge in [-0.25, -0.2) is 4.98 Å². The lowest BCUT2D eigenvalue weighted by atomic mass is 10.0. The molecular formula is C20H11F6N3O2. The smallest absolute Gasteiger partial charge is 0.292 e. The Morgan fingerprint density at radius 1 is 0.935 bits per heavy atom. The third kappa shape index (κ3) is 3.66. The molecule has 0 atom stereocenters. The summed E-state index contributed by atoms with van der Waals surface area (Å²) in [6, 6.07) is 7.02. The second-order valence-electron chi connectivity index (χ2n) is 6.75. The number of alkyl halides is 6. The first-order chi connectivity index (χ1) is 14.5. The summed E-state index contributed by atoms with van der Waals surface area (Å²) in [5.74, 6) is -1.09. The maximum absolute atomic E-state index is 13.1. The minimum Gasteiger partial charge on any atom is -0.292 e. The highest BCUT2D eigenvalue weighted by Crippen LogP contribution is 2.36. The minimum absolute atomic E-state index is 0.0614. The summed E-state index contributed by atoms with van der Waals surface area (Å²) in [5.41, 5.74) is -3.99. The van der Waals surface area contributed by atoms with E-state index in [0.717, 1.165) is 4.57 Å². The molecule has 0 radical (unpaired) electrons. The van der Waals surface area contributed by atoms with Crippen molar-refractivity contribution in [2.45, 2.75) is 18.9 Å². The average molecular weight is 439 g/mol. The molecule has 0 saturated heterocycles. The number of hydrogen-bond acceptors (Lipinski definition) is 3. The molecule has 31 heavy (non-hydrogen) atoms. The molecule has 2 heterocycles. The quantitative estimate of drug-likeness (QED) is 0.347. The minimum atomic E-state index is -5.09. The van der Waals surface area contributed by atoms with Gasteiger partial charge in [0.05, 0.1) is 34.8 Å². The molecule has 5 nitrogen and oxygen atoms in total. The summed E-state index contributed by atoms with van der Waals surface area (Å²) >= 11 is 0. The summed E-state index contributed by atoms with van der Waals surface area (Å²) < 4.78 is 81.0. The standard InChI is InChI=1S/C20H11F6N3O2/c21-19(22,23)12-5-11(6-13(7-12)20(24,25)26)16(30)9-28-17-8-27-10-29(17)15-4-2-1-3-14(15)18(28)31/h1-8,10H,9H2. The molecule has 0 N–H and O–H groups in total. The number of hydrogen-bond donors (Lipinski definition) is 0. The van der Waals surface area contributed by atoms with Crippen LogP contribution in [0.2, 0.25) is 0 Å². The number of carbonyl (C=O) groups is 1. The summed E-state index contributed by atoms with van der Waals surface area (Å²) in [5, 5.41) is 0.209. The van der Waals surface area contributed by atoms with E-state index in [9.17, 15) is 35.9 Å². The lowest BCUT2D eigenvalue weighted by Crippen LogP contribution is -2.26. The molecule has 0 aliphatic rings. The first-order valence-corrected chi connectivity index (χ1v) is 8.73. The number of benzene rings is 2. The Bertz CT molecular complexity index is 1350. The van der Waals surface area contributed by atoms with Crippen LogP contribution >= 0.6 is 0 Å². The zero-order valence-corrected chi connectivity index (χ0v) is 15.3. The fourth-order valence-corrected chi connectivity index (χ4v) is 3.29. The molecule has 0 amide bonds. The van der Waals surface area contributed by atoms with E-state index in [0.29, 0.717) is 17.6 Å². The Labute approximate surface area is 169 Å². The van der Waals surface area contributed by atoms with E-state index in [-0.39, 0.29) is 17.1 Å². The van der Waals surface area contributed by atoms with Crippen molar-refractivity contribution in [1.82, 2.24) is 14.0 Å². The molecule has 4 rings (SSSR count). The van der Waals surface area contributed by atoms with Gasteiger partial charge in [-0.05, 0) is 30.3 Å². The van der Waals surface area contributed by atoms with E-state index in [4.69, 9.17) is 0 Å². The molecule has 0 bridgehead atoms. The van der Waals surface area contributed by atoms with Crippen LogP contribution in [-0.4, -0.2) is 19.7 Å². The van der Waals surface area contributed by atoms with Crippen LogP contribution in [0.5, 0.6) is 0 Å². The molecule has 2 aromatic carbocycles. The number of aromatic nitrogens is 3. The van der Waals surface area contributed by atoms with E-state index < -0.39 is 46.9 Å². The Balaban J connectivity index is 1.85. The molecule has 0 unspecified atom stereocenters. The average Bonchev–Trinajstić information content (AvgIpc) is 3.19. The highest BCUT2D eigenvalue weighted by Gasteiger charge is 2.37. The van der Waals surface area contributed by atoms with Crippen LogP contribution in [0.15, 0.2) is 59.8 Å². The number of imidazole rings is 1. The molecule has 0 aliphatic carbocycles. The van der Waals surface area contributed by atoms with Crippen LogP contribution < -0.4 is 5.56 Å². The SMILES string of the molecule is O=C(Cn1c(=O)c2ccccc2n2cncc12)c1cc(C(F)(F)F)cc(C(F)(F)F)c1. The van der Waals surface area contributed by atoms with E-state index in [2.05, 4.69) is 4.98 Å². The summed E-state index contributed by atoms with van der Waals surface area (Å²) in [6.45, 7) is -0.766. The lowest BCUT2D eigenvalue weighted by Gasteiger charge is -2.15. The Morgan fingerprint density at radius 3 is 2.16 bits per heavy atom. The largest absolute Gasteiger partial charge is 0.416 e. The monoisotopic (exact) mass is 439 g/mol. The van der Waals surface area contributed by atoms with Crippen LogP contribution in [-0.2, 0) is 18.9 Å². The van der Waals surface area contributed by atoms with Gasteiger partial charge in [0, 0.05) is 5.56 Å². The van der Waals surface area contributed by atoms with Gasteiger partial charge >= 0.3 is 12.4 Å². The van der Waals surface area contributed by atoms with Gasteiger partial charge in [-0.1, -0.05) is 12.1 Å². The molecule has 0 spiro atoms. The molecule has 0 saturated carbocycles. The number of Topliss-reactive ketones (excluding diaryl/α,β-unsaturated/α-hetero) is 1. The fourth-order valence-electron chi connectivity index (χ4n) is 3.29. The predicted molar refractivity (Wildman–Crippen MR) is 97.7 cm³/mol. The van der Waals surface area contributed by atoms with Crippen molar-refractivity contribution in [2.75, 3.05) is 0 Å². The topological polar surface area (TPSA) is 56.4 Å².